The highest BCUT2D eigenvalue weighted by Gasteiger charge is 2.35. The Morgan fingerprint density at radius 1 is 0.804 bits per heavy atom. The predicted molar refractivity (Wildman–Crippen MR) is 183 cm³/mol. The van der Waals surface area contributed by atoms with Crippen molar-refractivity contribution in [3.8, 4) is 0 Å². The molecule has 8 heteroatoms. The van der Waals surface area contributed by atoms with Gasteiger partial charge < -0.3 is 10.2 Å². The average Bonchev–Trinajstić information content (AvgIpc) is 3.07. The van der Waals surface area contributed by atoms with Crippen molar-refractivity contribution in [2.75, 3.05) is 10.8 Å². The molecule has 0 saturated heterocycles. The van der Waals surface area contributed by atoms with E-state index in [0.29, 0.717) is 12.1 Å². The van der Waals surface area contributed by atoms with E-state index in [9.17, 15) is 18.0 Å². The molecule has 1 saturated carbocycles. The van der Waals surface area contributed by atoms with Gasteiger partial charge in [0.15, 0.2) is 0 Å². The van der Waals surface area contributed by atoms with E-state index in [0.717, 1.165) is 54.4 Å². The van der Waals surface area contributed by atoms with Gasteiger partial charge in [0.25, 0.3) is 10.0 Å². The van der Waals surface area contributed by atoms with Gasteiger partial charge in [-0.1, -0.05) is 104 Å². The maximum Gasteiger partial charge on any atom is 0.264 e. The Hall–Kier alpha value is -4.43. The van der Waals surface area contributed by atoms with Gasteiger partial charge in [-0.05, 0) is 73.2 Å². The van der Waals surface area contributed by atoms with Gasteiger partial charge in [-0.3, -0.25) is 13.9 Å². The highest BCUT2D eigenvalue weighted by atomic mass is 32.2. The number of nitrogens with one attached hydrogen (secondary N) is 1. The zero-order chi connectivity index (χ0) is 32.5. The Bertz CT molecular complexity index is 1720. The molecule has 1 aliphatic rings. The minimum atomic E-state index is -4.12. The molecule has 7 nitrogen and oxygen atoms in total. The SMILES string of the molecule is Cc1cccc(N(CC(=O)N(Cc2ccccc2C)[C@H](Cc2ccccc2)C(=O)NC2CCCCC2)S(=O)(=O)c2ccccc2)c1. The Morgan fingerprint density at radius 3 is 2.13 bits per heavy atom. The van der Waals surface area contributed by atoms with Crippen molar-refractivity contribution in [1.29, 1.82) is 0 Å². The lowest BCUT2D eigenvalue weighted by Crippen LogP contribution is -2.55. The first kappa shape index (κ1) is 32.9. The number of hydrogen-bond acceptors (Lipinski definition) is 4. The quantitative estimate of drug-likeness (QED) is 0.190. The van der Waals surface area contributed by atoms with Crippen molar-refractivity contribution in [2.45, 2.75) is 75.9 Å². The van der Waals surface area contributed by atoms with Gasteiger partial charge in [0.2, 0.25) is 11.8 Å². The standard InChI is InChI=1S/C38H43N3O4S/c1-29-15-14-22-34(25-29)41(46(44,45)35-23-10-5-11-24-35)28-37(42)40(27-32-19-13-12-16-30(32)2)36(26-31-17-6-3-7-18-31)38(43)39-33-20-8-4-9-21-33/h3,5-7,10-19,22-25,33,36H,4,8-9,20-21,26-28H2,1-2H3,(H,39,43)/t36-/m1/s1. The zero-order valence-corrected chi connectivity index (χ0v) is 27.5. The molecule has 240 valence electrons. The number of aryl methyl sites for hydroxylation is 2. The largest absolute Gasteiger partial charge is 0.352 e. The summed E-state index contributed by atoms with van der Waals surface area (Å²) in [7, 11) is -4.12. The summed E-state index contributed by atoms with van der Waals surface area (Å²) in [5, 5.41) is 3.26. The molecule has 5 rings (SSSR count). The fraction of sp³-hybridized carbons (Fsp3) is 0.316. The molecule has 0 unspecified atom stereocenters. The molecule has 46 heavy (non-hydrogen) atoms. The number of amides is 2. The van der Waals surface area contributed by atoms with Crippen LogP contribution in [0, 0.1) is 13.8 Å². The third kappa shape index (κ3) is 8.23. The summed E-state index contributed by atoms with van der Waals surface area (Å²) in [4.78, 5) is 30.6. The minimum absolute atomic E-state index is 0.0530. The van der Waals surface area contributed by atoms with Crippen LogP contribution in [0.1, 0.15) is 54.4 Å². The second kappa shape index (κ2) is 15.2. The molecule has 0 bridgehead atoms. The summed E-state index contributed by atoms with van der Waals surface area (Å²) in [6.07, 6.45) is 5.39. The van der Waals surface area contributed by atoms with Crippen LogP contribution in [0.15, 0.2) is 114 Å². The Morgan fingerprint density at radius 2 is 1.46 bits per heavy atom. The third-order valence-corrected chi connectivity index (χ3v) is 10.5. The molecule has 1 fully saturated rings. The first-order valence-electron chi connectivity index (χ1n) is 16.0. The fourth-order valence-electron chi connectivity index (χ4n) is 6.10. The maximum atomic E-state index is 14.7. The normalized spacial score (nSPS) is 14.3. The number of carbonyl (C=O) groups excluding carboxylic acids is 2. The Labute approximate surface area is 273 Å². The second-order valence-electron chi connectivity index (χ2n) is 12.2. The summed E-state index contributed by atoms with van der Waals surface area (Å²) in [5.41, 5.74) is 4.05. The van der Waals surface area contributed by atoms with Crippen LogP contribution in [0.2, 0.25) is 0 Å². The van der Waals surface area contributed by atoms with E-state index in [2.05, 4.69) is 5.32 Å². The van der Waals surface area contributed by atoms with Gasteiger partial charge in [0, 0.05) is 19.0 Å². The summed E-state index contributed by atoms with van der Waals surface area (Å²) in [5.74, 6) is -0.672. The number of carbonyl (C=O) groups is 2. The van der Waals surface area contributed by atoms with Crippen LogP contribution in [0.25, 0.3) is 0 Å². The van der Waals surface area contributed by atoms with Gasteiger partial charge in [-0.2, -0.15) is 0 Å². The minimum Gasteiger partial charge on any atom is -0.352 e. The highest BCUT2D eigenvalue weighted by molar-refractivity contribution is 7.92. The number of hydrogen-bond donors (Lipinski definition) is 1. The van der Waals surface area contributed by atoms with Crippen LogP contribution < -0.4 is 9.62 Å². The summed E-state index contributed by atoms with van der Waals surface area (Å²) in [6, 6.07) is 31.9. The molecule has 0 aliphatic heterocycles. The van der Waals surface area contributed by atoms with E-state index < -0.39 is 28.5 Å². The first-order chi connectivity index (χ1) is 22.2. The lowest BCUT2D eigenvalue weighted by Gasteiger charge is -2.35. The first-order valence-corrected chi connectivity index (χ1v) is 17.5. The van der Waals surface area contributed by atoms with Crippen LogP contribution in [-0.2, 0) is 32.6 Å². The molecule has 0 spiro atoms. The van der Waals surface area contributed by atoms with Crippen molar-refractivity contribution >= 4 is 27.5 Å². The number of benzene rings is 4. The van der Waals surface area contributed by atoms with Crippen LogP contribution >= 0.6 is 0 Å². The van der Waals surface area contributed by atoms with Crippen molar-refractivity contribution in [1.82, 2.24) is 10.2 Å². The smallest absolute Gasteiger partial charge is 0.264 e. The van der Waals surface area contributed by atoms with Gasteiger partial charge >= 0.3 is 0 Å². The van der Waals surface area contributed by atoms with Crippen LogP contribution in [0.5, 0.6) is 0 Å². The Kier molecular flexibility index (Phi) is 10.9. The van der Waals surface area contributed by atoms with Gasteiger partial charge in [0.05, 0.1) is 10.6 Å². The number of anilines is 1. The summed E-state index contributed by atoms with van der Waals surface area (Å²) in [6.45, 7) is 3.56. The maximum absolute atomic E-state index is 14.7. The molecule has 2 amide bonds. The highest BCUT2D eigenvalue weighted by Crippen LogP contribution is 2.26. The molecule has 1 atom stereocenters. The lowest BCUT2D eigenvalue weighted by molar-refractivity contribution is -0.140. The van der Waals surface area contributed by atoms with E-state index in [1.165, 1.54) is 16.4 Å². The predicted octanol–water partition coefficient (Wildman–Crippen LogP) is 6.59. The van der Waals surface area contributed by atoms with Crippen LogP contribution in [0.3, 0.4) is 0 Å². The monoisotopic (exact) mass is 637 g/mol. The molecule has 1 N–H and O–H groups in total. The van der Waals surface area contributed by atoms with E-state index >= 15 is 0 Å². The summed E-state index contributed by atoms with van der Waals surface area (Å²) >= 11 is 0. The van der Waals surface area contributed by atoms with Gasteiger partial charge in [-0.25, -0.2) is 8.42 Å². The van der Waals surface area contributed by atoms with E-state index in [1.807, 2.05) is 74.5 Å². The van der Waals surface area contributed by atoms with E-state index in [4.69, 9.17) is 0 Å². The molecule has 0 radical (unpaired) electrons. The molecular formula is C38H43N3O4S. The molecule has 4 aromatic rings. The van der Waals surface area contributed by atoms with Crippen molar-refractivity contribution < 1.29 is 18.0 Å². The number of sulfonamides is 1. The number of nitrogens with zero attached hydrogens (tertiary/aromatic N) is 2. The molecule has 0 aromatic heterocycles. The van der Waals surface area contributed by atoms with Crippen molar-refractivity contribution in [3.63, 3.8) is 0 Å². The van der Waals surface area contributed by atoms with Gasteiger partial charge in [-0.15, -0.1) is 0 Å². The molecular weight excluding hydrogens is 595 g/mol. The van der Waals surface area contributed by atoms with Crippen LogP contribution in [-0.4, -0.2) is 43.8 Å². The molecule has 4 aromatic carbocycles. The van der Waals surface area contributed by atoms with E-state index in [-0.39, 0.29) is 23.4 Å². The topological polar surface area (TPSA) is 86.8 Å². The lowest BCUT2D eigenvalue weighted by atomic mass is 9.94. The molecule has 1 aliphatic carbocycles. The van der Waals surface area contributed by atoms with Gasteiger partial charge in [0.1, 0.15) is 12.6 Å². The zero-order valence-electron chi connectivity index (χ0n) is 26.6. The third-order valence-electron chi connectivity index (χ3n) is 8.72. The number of rotatable bonds is 12. The Balaban J connectivity index is 1.56. The van der Waals surface area contributed by atoms with Crippen molar-refractivity contribution in [3.05, 3.63) is 131 Å². The fourth-order valence-corrected chi connectivity index (χ4v) is 7.53. The average molecular weight is 638 g/mol. The summed E-state index contributed by atoms with van der Waals surface area (Å²) < 4.78 is 29.5. The van der Waals surface area contributed by atoms with Crippen LogP contribution in [0.4, 0.5) is 5.69 Å². The van der Waals surface area contributed by atoms with Crippen molar-refractivity contribution in [2.24, 2.45) is 0 Å². The second-order valence-corrected chi connectivity index (χ2v) is 14.0. The van der Waals surface area contributed by atoms with E-state index in [1.54, 1.807) is 41.3 Å². The molecule has 0 heterocycles.